The summed E-state index contributed by atoms with van der Waals surface area (Å²) >= 11 is 4.03. The van der Waals surface area contributed by atoms with Gasteiger partial charge in [0.15, 0.2) is 0 Å². The van der Waals surface area contributed by atoms with Crippen LogP contribution in [0.15, 0.2) is 0 Å². The van der Waals surface area contributed by atoms with Gasteiger partial charge in [-0.2, -0.15) is 11.8 Å². The number of thioether (sulfide) groups is 2. The monoisotopic (exact) mass is 234 g/mol. The van der Waals surface area contributed by atoms with Crippen molar-refractivity contribution < 1.29 is 0 Å². The first-order valence-corrected chi connectivity index (χ1v) is 7.61. The van der Waals surface area contributed by atoms with Crippen LogP contribution in [0.1, 0.15) is 6.92 Å². The summed E-state index contributed by atoms with van der Waals surface area (Å²) in [5, 5.41) is 0. The molecule has 0 bridgehead atoms. The van der Waals surface area contributed by atoms with Crippen molar-refractivity contribution in [2.75, 3.05) is 51.8 Å². The highest BCUT2D eigenvalue weighted by Crippen LogP contribution is 2.20. The molecule has 1 fully saturated rings. The van der Waals surface area contributed by atoms with Gasteiger partial charge in [0, 0.05) is 43.1 Å². The minimum absolute atomic E-state index is 0.752. The molecule has 1 rings (SSSR count). The van der Waals surface area contributed by atoms with Gasteiger partial charge in [-0.1, -0.05) is 0 Å². The molecule has 1 atom stereocenters. The molecule has 1 unspecified atom stereocenters. The molecule has 0 aromatic rings. The average Bonchev–Trinajstić information content (AvgIpc) is 2.21. The second-order valence-electron chi connectivity index (χ2n) is 3.82. The van der Waals surface area contributed by atoms with E-state index in [4.69, 9.17) is 0 Å². The van der Waals surface area contributed by atoms with Gasteiger partial charge in [-0.25, -0.2) is 0 Å². The molecule has 0 N–H and O–H groups in total. The smallest absolute Gasteiger partial charge is 0.0472 e. The largest absolute Gasteiger partial charge is 0.304 e. The summed E-state index contributed by atoms with van der Waals surface area (Å²) < 4.78 is 0.752. The molecule has 2 nitrogen and oxygen atoms in total. The maximum absolute atomic E-state index is 2.58. The van der Waals surface area contributed by atoms with E-state index in [0.29, 0.717) is 0 Å². The Kier molecular flexibility index (Phi) is 6.33. The molecule has 4 heteroatoms. The van der Waals surface area contributed by atoms with Gasteiger partial charge >= 0.3 is 0 Å². The normalized spacial score (nSPS) is 22.5. The van der Waals surface area contributed by atoms with Crippen LogP contribution in [0.5, 0.6) is 0 Å². The van der Waals surface area contributed by atoms with E-state index in [1.807, 2.05) is 11.8 Å². The van der Waals surface area contributed by atoms with E-state index in [2.05, 4.69) is 41.8 Å². The molecule has 0 amide bonds. The Morgan fingerprint density at radius 3 is 2.43 bits per heavy atom. The zero-order chi connectivity index (χ0) is 10.4. The molecule has 0 aromatic heterocycles. The van der Waals surface area contributed by atoms with Crippen LogP contribution in [0.2, 0.25) is 0 Å². The second-order valence-corrected chi connectivity index (χ2v) is 6.74. The summed E-state index contributed by atoms with van der Waals surface area (Å²) in [6, 6.07) is 0. The van der Waals surface area contributed by atoms with Crippen molar-refractivity contribution in [3.8, 4) is 0 Å². The number of hydrogen-bond donors (Lipinski definition) is 0. The van der Waals surface area contributed by atoms with Crippen molar-refractivity contribution in [2.24, 2.45) is 0 Å². The first-order chi connectivity index (χ1) is 6.72. The van der Waals surface area contributed by atoms with Crippen LogP contribution in [0.4, 0.5) is 0 Å². The van der Waals surface area contributed by atoms with Crippen molar-refractivity contribution in [3.05, 3.63) is 0 Å². The van der Waals surface area contributed by atoms with Gasteiger partial charge in [-0.05, 0) is 20.2 Å². The fraction of sp³-hybridized carbons (Fsp3) is 1.00. The zero-order valence-electron chi connectivity index (χ0n) is 9.53. The highest BCUT2D eigenvalue weighted by atomic mass is 32.2. The minimum Gasteiger partial charge on any atom is -0.304 e. The zero-order valence-corrected chi connectivity index (χ0v) is 11.2. The molecule has 0 saturated carbocycles. The highest BCUT2D eigenvalue weighted by molar-refractivity contribution is 8.16. The van der Waals surface area contributed by atoms with Gasteiger partial charge in [0.05, 0.1) is 0 Å². The quantitative estimate of drug-likeness (QED) is 0.667. The topological polar surface area (TPSA) is 6.48 Å². The second kappa shape index (κ2) is 6.99. The van der Waals surface area contributed by atoms with E-state index in [9.17, 15) is 0 Å². The Hall–Kier alpha value is 0.620. The minimum atomic E-state index is 0.752. The summed E-state index contributed by atoms with van der Waals surface area (Å²) in [4.78, 5) is 4.99. The molecule has 14 heavy (non-hydrogen) atoms. The number of likely N-dealkylation sites (N-methyl/N-ethyl adjacent to an activating group) is 1. The van der Waals surface area contributed by atoms with Gasteiger partial charge in [0.25, 0.3) is 0 Å². The Labute approximate surface area is 96.8 Å². The maximum atomic E-state index is 2.58. The molecule has 0 radical (unpaired) electrons. The number of nitrogens with zero attached hydrogens (tertiary/aromatic N) is 2. The van der Waals surface area contributed by atoms with Gasteiger partial charge in [0.2, 0.25) is 0 Å². The molecule has 0 aromatic carbocycles. The first-order valence-electron chi connectivity index (χ1n) is 5.27. The predicted molar refractivity (Wildman–Crippen MR) is 69.4 cm³/mol. The van der Waals surface area contributed by atoms with E-state index in [-0.39, 0.29) is 0 Å². The van der Waals surface area contributed by atoms with Crippen molar-refractivity contribution in [1.29, 1.82) is 0 Å². The molecular weight excluding hydrogens is 212 g/mol. The van der Waals surface area contributed by atoms with Crippen molar-refractivity contribution >= 4 is 23.5 Å². The van der Waals surface area contributed by atoms with Crippen LogP contribution in [0.3, 0.4) is 0 Å². The third-order valence-corrected chi connectivity index (χ3v) is 5.23. The van der Waals surface area contributed by atoms with Crippen molar-refractivity contribution in [1.82, 2.24) is 9.80 Å². The predicted octanol–water partition coefficient (Wildman–Crippen LogP) is 1.68. The molecule has 1 aliphatic rings. The van der Waals surface area contributed by atoms with E-state index >= 15 is 0 Å². The molecule has 1 saturated heterocycles. The number of piperazine rings is 1. The lowest BCUT2D eigenvalue weighted by Gasteiger charge is -2.32. The summed E-state index contributed by atoms with van der Waals surface area (Å²) in [5.41, 5.74) is 0. The van der Waals surface area contributed by atoms with Crippen LogP contribution >= 0.6 is 23.5 Å². The Bertz CT molecular complexity index is 147. The number of hydrogen-bond acceptors (Lipinski definition) is 4. The van der Waals surface area contributed by atoms with Crippen LogP contribution in [0, 0.1) is 0 Å². The number of rotatable bonds is 5. The lowest BCUT2D eigenvalue weighted by Crippen LogP contribution is -2.45. The van der Waals surface area contributed by atoms with Crippen molar-refractivity contribution in [2.45, 2.75) is 11.5 Å². The van der Waals surface area contributed by atoms with Crippen LogP contribution in [-0.2, 0) is 0 Å². The summed E-state index contributed by atoms with van der Waals surface area (Å²) in [7, 11) is 2.21. The van der Waals surface area contributed by atoms with E-state index in [0.717, 1.165) is 4.58 Å². The standard InChI is InChI=1S/C10H22N2S2/c1-10(13-3)14-9-8-12-6-4-11(2)5-7-12/h10H,4-9H2,1-3H3. The van der Waals surface area contributed by atoms with E-state index < -0.39 is 0 Å². The van der Waals surface area contributed by atoms with E-state index in [1.165, 1.54) is 38.5 Å². The lowest BCUT2D eigenvalue weighted by atomic mass is 10.3. The van der Waals surface area contributed by atoms with Gasteiger partial charge < -0.3 is 4.90 Å². The van der Waals surface area contributed by atoms with Crippen LogP contribution < -0.4 is 0 Å². The Balaban J connectivity index is 2.02. The van der Waals surface area contributed by atoms with Crippen LogP contribution in [-0.4, -0.2) is 66.2 Å². The first kappa shape index (κ1) is 12.7. The fourth-order valence-electron chi connectivity index (χ4n) is 1.49. The molecule has 0 spiro atoms. The van der Waals surface area contributed by atoms with Gasteiger partial charge in [0.1, 0.15) is 0 Å². The summed E-state index contributed by atoms with van der Waals surface area (Å²) in [6.07, 6.45) is 2.19. The SMILES string of the molecule is CSC(C)SCCN1CCN(C)CC1. The van der Waals surface area contributed by atoms with Crippen LogP contribution in [0.25, 0.3) is 0 Å². The maximum Gasteiger partial charge on any atom is 0.0472 e. The highest BCUT2D eigenvalue weighted by Gasteiger charge is 2.13. The van der Waals surface area contributed by atoms with E-state index in [1.54, 1.807) is 0 Å². The molecule has 1 heterocycles. The fourth-order valence-corrected chi connectivity index (χ4v) is 3.02. The Morgan fingerprint density at radius 2 is 1.86 bits per heavy atom. The third-order valence-electron chi connectivity index (χ3n) is 2.69. The van der Waals surface area contributed by atoms with Crippen molar-refractivity contribution in [3.63, 3.8) is 0 Å². The molecule has 84 valence electrons. The summed E-state index contributed by atoms with van der Waals surface area (Å²) in [5.74, 6) is 1.28. The molecule has 0 aliphatic carbocycles. The van der Waals surface area contributed by atoms with Gasteiger partial charge in [-0.3, -0.25) is 4.90 Å². The average molecular weight is 234 g/mol. The Morgan fingerprint density at radius 1 is 1.21 bits per heavy atom. The van der Waals surface area contributed by atoms with Gasteiger partial charge in [-0.15, -0.1) is 11.8 Å². The molecular formula is C10H22N2S2. The lowest BCUT2D eigenvalue weighted by molar-refractivity contribution is 0.161. The third kappa shape index (κ3) is 4.91. The summed E-state index contributed by atoms with van der Waals surface area (Å²) in [6.45, 7) is 8.55. The molecule has 1 aliphatic heterocycles.